The first kappa shape index (κ1) is 21.8. The molecule has 2 N–H and O–H groups in total. The maximum absolute atomic E-state index is 4.96. The van der Waals surface area contributed by atoms with Crippen molar-refractivity contribution >= 4 is 59.6 Å². The summed E-state index contributed by atoms with van der Waals surface area (Å²) in [6.45, 7) is 1.77. The van der Waals surface area contributed by atoms with Gasteiger partial charge in [-0.25, -0.2) is 0 Å². The van der Waals surface area contributed by atoms with Crippen molar-refractivity contribution in [3.05, 3.63) is 29.8 Å². The summed E-state index contributed by atoms with van der Waals surface area (Å²) in [6.07, 6.45) is 0. The molecule has 0 aromatic heterocycles. The molecule has 1 aromatic carbocycles. The van der Waals surface area contributed by atoms with E-state index < -0.39 is 0 Å². The van der Waals surface area contributed by atoms with E-state index in [0.29, 0.717) is 11.4 Å². The standard InChI is InChI=1S/C13H18N6S3.Cu/c1-8(16-18-12(21)14-2)11(17-19-13(22)15-3)9-4-6-10(20)7-5-9;/h4-7,20H,1-3H3,(H2,14,18,21)(H2,15,19,22);/q;+2/p-2. The molecule has 0 atom stereocenters. The van der Waals surface area contributed by atoms with Crippen molar-refractivity contribution in [2.75, 3.05) is 14.1 Å². The summed E-state index contributed by atoms with van der Waals surface area (Å²) >= 11 is 14.2. The molecule has 0 heterocycles. The molecular formula is C13H16CuN6S3. The first-order valence-electron chi connectivity index (χ1n) is 6.25. The minimum absolute atomic E-state index is 0. The van der Waals surface area contributed by atoms with Gasteiger partial charge in [-0.3, -0.25) is 0 Å². The maximum atomic E-state index is 4.96. The molecule has 127 valence electrons. The molecule has 0 aliphatic heterocycles. The van der Waals surface area contributed by atoms with E-state index in [0.717, 1.165) is 10.5 Å². The van der Waals surface area contributed by atoms with E-state index in [1.807, 2.05) is 24.3 Å². The van der Waals surface area contributed by atoms with Crippen LogP contribution in [0.1, 0.15) is 12.5 Å². The van der Waals surface area contributed by atoms with Crippen molar-refractivity contribution < 1.29 is 17.1 Å². The number of nitrogens with zero attached hydrogens (tertiary/aromatic N) is 4. The van der Waals surface area contributed by atoms with Gasteiger partial charge >= 0.3 is 17.1 Å². The van der Waals surface area contributed by atoms with Crippen LogP contribution >= 0.6 is 12.6 Å². The van der Waals surface area contributed by atoms with Gasteiger partial charge in [0.05, 0.1) is 5.71 Å². The van der Waals surface area contributed by atoms with Gasteiger partial charge in [0.2, 0.25) is 0 Å². The summed E-state index contributed by atoms with van der Waals surface area (Å²) in [5.74, 6) is 0. The maximum Gasteiger partial charge on any atom is 2.00 e. The Morgan fingerprint density at radius 3 is 1.87 bits per heavy atom. The Morgan fingerprint density at radius 1 is 0.913 bits per heavy atom. The Kier molecular flexibility index (Phi) is 10.8. The number of hydrogen-bond acceptors (Lipinski definition) is 7. The van der Waals surface area contributed by atoms with Crippen LogP contribution in [0.4, 0.5) is 0 Å². The molecule has 0 unspecified atom stereocenters. The second-order valence-corrected chi connectivity index (χ2v) is 5.28. The van der Waals surface area contributed by atoms with Crippen LogP contribution in [0.3, 0.4) is 0 Å². The third-order valence-electron chi connectivity index (χ3n) is 2.44. The topological polar surface area (TPSA) is 73.5 Å². The number of rotatable bonds is 4. The van der Waals surface area contributed by atoms with E-state index in [1.165, 1.54) is 0 Å². The van der Waals surface area contributed by atoms with Crippen molar-refractivity contribution in [2.45, 2.75) is 11.8 Å². The Labute approximate surface area is 163 Å². The first-order valence-corrected chi connectivity index (χ1v) is 7.51. The van der Waals surface area contributed by atoms with Gasteiger partial charge in [0.25, 0.3) is 0 Å². The molecule has 6 nitrogen and oxygen atoms in total. The third kappa shape index (κ3) is 7.76. The minimum Gasteiger partial charge on any atom is -0.741 e. The summed E-state index contributed by atoms with van der Waals surface area (Å²) in [4.78, 5) is 0.849. The van der Waals surface area contributed by atoms with Gasteiger partial charge in [0, 0.05) is 24.6 Å². The zero-order valence-corrected chi connectivity index (χ0v) is 16.1. The van der Waals surface area contributed by atoms with Gasteiger partial charge in [-0.2, -0.15) is 15.3 Å². The molecule has 1 radical (unpaired) electrons. The van der Waals surface area contributed by atoms with Crippen LogP contribution in [-0.4, -0.2) is 35.9 Å². The number of hydrogen-bond donors (Lipinski definition) is 3. The van der Waals surface area contributed by atoms with Gasteiger partial charge < -0.3 is 35.9 Å². The van der Waals surface area contributed by atoms with Gasteiger partial charge in [-0.1, -0.05) is 12.1 Å². The molecule has 1 aromatic rings. The molecular weight excluding hydrogens is 400 g/mol. The summed E-state index contributed by atoms with van der Waals surface area (Å²) in [5, 5.41) is 22.0. The van der Waals surface area contributed by atoms with E-state index in [1.54, 1.807) is 21.0 Å². The predicted octanol–water partition coefficient (Wildman–Crippen LogP) is 1.30. The fourth-order valence-electron chi connectivity index (χ4n) is 1.32. The second-order valence-electron chi connectivity index (χ2n) is 3.99. The number of amidine groups is 2. The average molecular weight is 416 g/mol. The zero-order valence-electron chi connectivity index (χ0n) is 12.7. The normalized spacial score (nSPS) is 13.4. The second kappa shape index (κ2) is 11.4. The minimum atomic E-state index is 0. The molecule has 0 amide bonds. The molecule has 23 heavy (non-hydrogen) atoms. The summed E-state index contributed by atoms with van der Waals surface area (Å²) in [7, 11) is 3.36. The molecule has 0 spiro atoms. The summed E-state index contributed by atoms with van der Waals surface area (Å²) in [6, 6.07) is 7.45. The van der Waals surface area contributed by atoms with Crippen LogP contribution in [-0.2, 0) is 42.3 Å². The largest absolute Gasteiger partial charge is 2.00 e. The van der Waals surface area contributed by atoms with E-state index >= 15 is 0 Å². The Morgan fingerprint density at radius 2 is 1.39 bits per heavy atom. The van der Waals surface area contributed by atoms with Crippen LogP contribution in [0.5, 0.6) is 0 Å². The van der Waals surface area contributed by atoms with Gasteiger partial charge in [-0.15, -0.1) is 17.7 Å². The molecule has 0 aliphatic rings. The number of thiol groups is 1. The Bertz CT molecular complexity index is 625. The predicted molar refractivity (Wildman–Crippen MR) is 101 cm³/mol. The Hall–Kier alpha value is -1.19. The van der Waals surface area contributed by atoms with E-state index in [9.17, 15) is 0 Å². The molecule has 0 bridgehead atoms. The van der Waals surface area contributed by atoms with Crippen LogP contribution in [0.15, 0.2) is 49.6 Å². The third-order valence-corrected chi connectivity index (χ3v) is 3.31. The quantitative estimate of drug-likeness (QED) is 0.173. The van der Waals surface area contributed by atoms with E-state index in [-0.39, 0.29) is 27.4 Å². The Balaban J connectivity index is 0.00000484. The zero-order chi connectivity index (χ0) is 16.5. The smallest absolute Gasteiger partial charge is 0.741 e. The molecule has 0 fully saturated rings. The fourth-order valence-corrected chi connectivity index (χ4v) is 1.55. The molecule has 0 saturated heterocycles. The van der Waals surface area contributed by atoms with Crippen LogP contribution in [0, 0.1) is 0 Å². The molecule has 0 saturated carbocycles. The summed E-state index contributed by atoms with van der Waals surface area (Å²) in [5.41, 5.74) is 1.94. The van der Waals surface area contributed by atoms with Crippen molar-refractivity contribution in [1.82, 2.24) is 10.6 Å². The van der Waals surface area contributed by atoms with Gasteiger partial charge in [0.1, 0.15) is 5.71 Å². The summed E-state index contributed by atoms with van der Waals surface area (Å²) < 4.78 is 0. The van der Waals surface area contributed by atoms with Crippen LogP contribution in [0.2, 0.25) is 0 Å². The SMILES string of the molecule is CNC([S-])=NN=C(C)C(=NN=C([S-])NC)c1ccc(S)cc1.[Cu+2]. The fraction of sp³-hybridized carbons (Fsp3) is 0.231. The monoisotopic (exact) mass is 415 g/mol. The van der Waals surface area contributed by atoms with E-state index in [4.69, 9.17) is 25.3 Å². The van der Waals surface area contributed by atoms with Gasteiger partial charge in [0.15, 0.2) is 0 Å². The van der Waals surface area contributed by atoms with Gasteiger partial charge in [-0.05, 0) is 29.4 Å². The van der Waals surface area contributed by atoms with Crippen LogP contribution in [0.25, 0.3) is 0 Å². The molecule has 1 rings (SSSR count). The number of benzene rings is 1. The van der Waals surface area contributed by atoms with Crippen molar-refractivity contribution in [3.8, 4) is 0 Å². The van der Waals surface area contributed by atoms with Crippen molar-refractivity contribution in [2.24, 2.45) is 20.4 Å². The van der Waals surface area contributed by atoms with Crippen molar-refractivity contribution in [1.29, 1.82) is 0 Å². The first-order chi connectivity index (χ1) is 10.5. The van der Waals surface area contributed by atoms with Crippen molar-refractivity contribution in [3.63, 3.8) is 0 Å². The number of nitrogens with one attached hydrogen (secondary N) is 2. The van der Waals surface area contributed by atoms with E-state index in [2.05, 4.69) is 43.7 Å². The molecule has 0 aliphatic carbocycles. The van der Waals surface area contributed by atoms with Crippen LogP contribution < -0.4 is 10.6 Å². The molecule has 10 heteroatoms. The average Bonchev–Trinajstić information content (AvgIpc) is 2.53.